The zero-order valence-corrected chi connectivity index (χ0v) is 13.2. The van der Waals surface area contributed by atoms with E-state index in [9.17, 15) is 8.42 Å². The Morgan fingerprint density at radius 1 is 1.29 bits per heavy atom. The molecule has 5 heteroatoms. The number of nitrogens with one attached hydrogen (secondary N) is 1. The lowest BCUT2D eigenvalue weighted by atomic mass is 9.93. The Hall–Kier alpha value is -1.17. The van der Waals surface area contributed by atoms with Crippen LogP contribution >= 0.6 is 0 Å². The van der Waals surface area contributed by atoms with E-state index in [0.29, 0.717) is 11.5 Å². The average molecular weight is 309 g/mol. The van der Waals surface area contributed by atoms with Gasteiger partial charge in [-0.3, -0.25) is 0 Å². The van der Waals surface area contributed by atoms with Crippen LogP contribution in [-0.2, 0) is 14.8 Å². The summed E-state index contributed by atoms with van der Waals surface area (Å²) in [6.07, 6.45) is 5.42. The van der Waals surface area contributed by atoms with Gasteiger partial charge in [-0.15, -0.1) is 6.58 Å². The van der Waals surface area contributed by atoms with Crippen LogP contribution in [0.15, 0.2) is 41.8 Å². The number of hydrogen-bond acceptors (Lipinski definition) is 3. The molecule has 1 N–H and O–H groups in total. The lowest BCUT2D eigenvalue weighted by Gasteiger charge is -2.31. The van der Waals surface area contributed by atoms with Crippen molar-refractivity contribution in [2.75, 3.05) is 6.61 Å². The molecule has 21 heavy (non-hydrogen) atoms. The highest BCUT2D eigenvalue weighted by Crippen LogP contribution is 2.23. The molecular weight excluding hydrogens is 286 g/mol. The van der Waals surface area contributed by atoms with Gasteiger partial charge < -0.3 is 4.74 Å². The van der Waals surface area contributed by atoms with E-state index in [-0.39, 0.29) is 12.1 Å². The van der Waals surface area contributed by atoms with Gasteiger partial charge >= 0.3 is 0 Å². The Balaban J connectivity index is 2.09. The molecule has 4 nitrogen and oxygen atoms in total. The van der Waals surface area contributed by atoms with Crippen molar-refractivity contribution in [3.63, 3.8) is 0 Å². The van der Waals surface area contributed by atoms with Gasteiger partial charge in [0.1, 0.15) is 0 Å². The third-order valence-corrected chi connectivity index (χ3v) is 5.27. The maximum atomic E-state index is 12.4. The minimum absolute atomic E-state index is 0.0722. The van der Waals surface area contributed by atoms with E-state index in [2.05, 4.69) is 11.3 Å². The molecule has 2 atom stereocenters. The van der Waals surface area contributed by atoms with Crippen LogP contribution in [0.25, 0.3) is 0 Å². The van der Waals surface area contributed by atoms with Crippen LogP contribution in [0.4, 0.5) is 0 Å². The summed E-state index contributed by atoms with van der Waals surface area (Å²) in [5.41, 5.74) is 1.04. The fraction of sp³-hybridized carbons (Fsp3) is 0.500. The van der Waals surface area contributed by atoms with Crippen molar-refractivity contribution in [1.29, 1.82) is 0 Å². The summed E-state index contributed by atoms with van der Waals surface area (Å²) in [7, 11) is -3.49. The molecule has 1 fully saturated rings. The van der Waals surface area contributed by atoms with Gasteiger partial charge in [-0.1, -0.05) is 36.6 Å². The van der Waals surface area contributed by atoms with Crippen molar-refractivity contribution >= 4 is 10.0 Å². The number of benzene rings is 1. The summed E-state index contributed by atoms with van der Waals surface area (Å²) in [6.45, 7) is 6.02. The lowest BCUT2D eigenvalue weighted by Crippen LogP contribution is -2.46. The van der Waals surface area contributed by atoms with Crippen LogP contribution in [0, 0.1) is 6.92 Å². The predicted molar refractivity (Wildman–Crippen MR) is 83.7 cm³/mol. The Bertz CT molecular complexity index is 566. The first kappa shape index (κ1) is 16.2. The second-order valence-corrected chi connectivity index (χ2v) is 7.20. The SMILES string of the molecule is C=CCO[C@@H]1CCCC[C@H]1NS(=O)(=O)c1ccc(C)cc1. The Labute approximate surface area is 127 Å². The molecule has 1 saturated carbocycles. The highest BCUT2D eigenvalue weighted by Gasteiger charge is 2.29. The maximum absolute atomic E-state index is 12.4. The molecule has 0 amide bonds. The van der Waals surface area contributed by atoms with Crippen molar-refractivity contribution in [3.05, 3.63) is 42.5 Å². The molecule has 0 spiro atoms. The van der Waals surface area contributed by atoms with Crippen LogP contribution in [-0.4, -0.2) is 27.2 Å². The Kier molecular flexibility index (Phi) is 5.56. The third kappa shape index (κ3) is 4.40. The molecule has 0 unspecified atom stereocenters. The zero-order valence-electron chi connectivity index (χ0n) is 12.4. The molecule has 0 saturated heterocycles. The smallest absolute Gasteiger partial charge is 0.240 e. The molecular formula is C16H23NO3S. The molecule has 1 aliphatic carbocycles. The van der Waals surface area contributed by atoms with Crippen LogP contribution in [0.5, 0.6) is 0 Å². The van der Waals surface area contributed by atoms with Crippen LogP contribution in [0.1, 0.15) is 31.2 Å². The van der Waals surface area contributed by atoms with E-state index in [1.807, 2.05) is 6.92 Å². The first-order chi connectivity index (χ1) is 10.0. The topological polar surface area (TPSA) is 55.4 Å². The molecule has 1 aromatic rings. The summed E-state index contributed by atoms with van der Waals surface area (Å²) < 4.78 is 33.4. The molecule has 2 rings (SSSR count). The van der Waals surface area contributed by atoms with Crippen molar-refractivity contribution in [2.45, 2.75) is 49.6 Å². The Morgan fingerprint density at radius 3 is 2.62 bits per heavy atom. The van der Waals surface area contributed by atoms with E-state index in [1.54, 1.807) is 30.3 Å². The van der Waals surface area contributed by atoms with Crippen LogP contribution < -0.4 is 4.72 Å². The zero-order chi connectivity index (χ0) is 15.3. The minimum atomic E-state index is -3.49. The number of aryl methyl sites for hydroxylation is 1. The van der Waals surface area contributed by atoms with Crippen molar-refractivity contribution < 1.29 is 13.2 Å². The molecule has 1 aliphatic rings. The van der Waals surface area contributed by atoms with Gasteiger partial charge in [0.2, 0.25) is 10.0 Å². The van der Waals surface area contributed by atoms with Gasteiger partial charge in [-0.25, -0.2) is 13.1 Å². The van der Waals surface area contributed by atoms with Gasteiger partial charge in [-0.05, 0) is 31.9 Å². The molecule has 0 radical (unpaired) electrons. The van der Waals surface area contributed by atoms with Crippen molar-refractivity contribution in [2.24, 2.45) is 0 Å². The van der Waals surface area contributed by atoms with Gasteiger partial charge in [0.15, 0.2) is 0 Å². The summed E-state index contributed by atoms with van der Waals surface area (Å²) >= 11 is 0. The molecule has 0 aromatic heterocycles. The van der Waals surface area contributed by atoms with Crippen molar-refractivity contribution in [3.8, 4) is 0 Å². The van der Waals surface area contributed by atoms with E-state index in [1.165, 1.54) is 0 Å². The fourth-order valence-electron chi connectivity index (χ4n) is 2.61. The van der Waals surface area contributed by atoms with Crippen molar-refractivity contribution in [1.82, 2.24) is 4.72 Å². The van der Waals surface area contributed by atoms with Gasteiger partial charge in [0.25, 0.3) is 0 Å². The minimum Gasteiger partial charge on any atom is -0.373 e. The van der Waals surface area contributed by atoms with Gasteiger partial charge in [0, 0.05) is 6.04 Å². The van der Waals surface area contributed by atoms with Crippen LogP contribution in [0.3, 0.4) is 0 Å². The van der Waals surface area contributed by atoms with Crippen LogP contribution in [0.2, 0.25) is 0 Å². The largest absolute Gasteiger partial charge is 0.373 e. The second kappa shape index (κ2) is 7.20. The molecule has 0 aliphatic heterocycles. The average Bonchev–Trinajstić information content (AvgIpc) is 2.46. The standard InChI is InChI=1S/C16H23NO3S/c1-3-12-20-16-7-5-4-6-15(16)17-21(18,19)14-10-8-13(2)9-11-14/h3,8-11,15-17H,1,4-7,12H2,2H3/t15-,16-/m1/s1. The quantitative estimate of drug-likeness (QED) is 0.822. The first-order valence-electron chi connectivity index (χ1n) is 7.34. The lowest BCUT2D eigenvalue weighted by molar-refractivity contribution is 0.0273. The normalized spacial score (nSPS) is 22.9. The maximum Gasteiger partial charge on any atom is 0.240 e. The van der Waals surface area contributed by atoms with Gasteiger partial charge in [-0.2, -0.15) is 0 Å². The monoisotopic (exact) mass is 309 g/mol. The third-order valence-electron chi connectivity index (χ3n) is 3.77. The number of ether oxygens (including phenoxy) is 1. The summed E-state index contributed by atoms with van der Waals surface area (Å²) in [6, 6.07) is 6.73. The van der Waals surface area contributed by atoms with E-state index < -0.39 is 10.0 Å². The summed E-state index contributed by atoms with van der Waals surface area (Å²) in [5.74, 6) is 0. The second-order valence-electron chi connectivity index (χ2n) is 5.49. The fourth-order valence-corrected chi connectivity index (χ4v) is 3.91. The number of hydrogen-bond donors (Lipinski definition) is 1. The molecule has 0 heterocycles. The van der Waals surface area contributed by atoms with E-state index in [4.69, 9.17) is 4.74 Å². The summed E-state index contributed by atoms with van der Waals surface area (Å²) in [5, 5.41) is 0. The highest BCUT2D eigenvalue weighted by molar-refractivity contribution is 7.89. The molecule has 1 aromatic carbocycles. The number of sulfonamides is 1. The van der Waals surface area contributed by atoms with E-state index >= 15 is 0 Å². The molecule has 0 bridgehead atoms. The molecule has 116 valence electrons. The predicted octanol–water partition coefficient (Wildman–Crippen LogP) is 2.79. The first-order valence-corrected chi connectivity index (χ1v) is 8.83. The number of rotatable bonds is 6. The van der Waals surface area contributed by atoms with E-state index in [0.717, 1.165) is 31.2 Å². The summed E-state index contributed by atoms with van der Waals surface area (Å²) in [4.78, 5) is 0.307. The Morgan fingerprint density at radius 2 is 1.95 bits per heavy atom. The van der Waals surface area contributed by atoms with Gasteiger partial charge in [0.05, 0.1) is 17.6 Å². The highest BCUT2D eigenvalue weighted by atomic mass is 32.2.